The number of aliphatic hydroxyl groups excluding tert-OH is 1. The number of amidine groups is 1. The first-order chi connectivity index (χ1) is 11.4. The van der Waals surface area contributed by atoms with Crippen LogP contribution in [0.25, 0.3) is 0 Å². The van der Waals surface area contributed by atoms with E-state index in [1.807, 2.05) is 0 Å². The van der Waals surface area contributed by atoms with Crippen molar-refractivity contribution >= 4 is 5.84 Å². The number of hydrogen-bond donors (Lipinski definition) is 1. The van der Waals surface area contributed by atoms with Gasteiger partial charge < -0.3 is 10.0 Å². The van der Waals surface area contributed by atoms with Crippen molar-refractivity contribution in [1.82, 2.24) is 4.90 Å². The van der Waals surface area contributed by atoms with Gasteiger partial charge in [-0.25, -0.2) is 0 Å². The van der Waals surface area contributed by atoms with Gasteiger partial charge in [0.1, 0.15) is 0 Å². The Morgan fingerprint density at radius 1 is 0.957 bits per heavy atom. The topological polar surface area (TPSA) is 35.8 Å². The molecule has 1 aliphatic rings. The number of unbranched alkanes of at least 4 members (excludes halogenated alkanes) is 9. The lowest BCUT2D eigenvalue weighted by molar-refractivity contribution is 0.255. The van der Waals surface area contributed by atoms with Crippen molar-refractivity contribution in [2.45, 2.75) is 84.0 Å². The maximum atomic E-state index is 9.03. The van der Waals surface area contributed by atoms with E-state index in [2.05, 4.69) is 29.0 Å². The highest BCUT2D eigenvalue weighted by Crippen LogP contribution is 2.13. The van der Waals surface area contributed by atoms with Crippen LogP contribution in [0.2, 0.25) is 0 Å². The summed E-state index contributed by atoms with van der Waals surface area (Å²) >= 11 is 0. The highest BCUT2D eigenvalue weighted by Gasteiger charge is 2.14. The molecule has 3 heteroatoms. The van der Waals surface area contributed by atoms with Crippen LogP contribution in [0.5, 0.6) is 0 Å². The Morgan fingerprint density at radius 3 is 2.30 bits per heavy atom. The minimum absolute atomic E-state index is 0.243. The fourth-order valence-electron chi connectivity index (χ4n) is 3.11. The Morgan fingerprint density at radius 2 is 1.61 bits per heavy atom. The van der Waals surface area contributed by atoms with E-state index in [4.69, 9.17) is 5.11 Å². The quantitative estimate of drug-likeness (QED) is 0.342. The number of hydrogen-bond acceptors (Lipinski definition) is 3. The van der Waals surface area contributed by atoms with Gasteiger partial charge in [0, 0.05) is 19.5 Å². The van der Waals surface area contributed by atoms with Crippen molar-refractivity contribution in [2.75, 3.05) is 26.2 Å². The van der Waals surface area contributed by atoms with Gasteiger partial charge in [0.05, 0.1) is 19.0 Å². The van der Waals surface area contributed by atoms with Gasteiger partial charge in [-0.3, -0.25) is 4.99 Å². The average molecular weight is 323 g/mol. The summed E-state index contributed by atoms with van der Waals surface area (Å²) in [5.74, 6) is 1.23. The first kappa shape index (κ1) is 20.2. The molecule has 23 heavy (non-hydrogen) atoms. The molecule has 0 aliphatic carbocycles. The van der Waals surface area contributed by atoms with Crippen LogP contribution in [-0.2, 0) is 0 Å². The van der Waals surface area contributed by atoms with Crippen LogP contribution >= 0.6 is 0 Å². The molecule has 0 aromatic rings. The summed E-state index contributed by atoms with van der Waals surface area (Å²) in [6, 6.07) is 0. The molecule has 1 rings (SSSR count). The second kappa shape index (κ2) is 14.7. The van der Waals surface area contributed by atoms with E-state index in [-0.39, 0.29) is 6.61 Å². The Balaban J connectivity index is 1.84. The summed E-state index contributed by atoms with van der Waals surface area (Å²) in [6.45, 7) is 5.17. The zero-order valence-corrected chi connectivity index (χ0v) is 15.3. The van der Waals surface area contributed by atoms with Gasteiger partial charge in [-0.1, -0.05) is 64.0 Å². The molecule has 3 nitrogen and oxygen atoms in total. The van der Waals surface area contributed by atoms with Gasteiger partial charge >= 0.3 is 0 Å². The number of allylic oxidation sites excluding steroid dienone is 2. The highest BCUT2D eigenvalue weighted by atomic mass is 16.3. The van der Waals surface area contributed by atoms with E-state index in [1.165, 1.54) is 76.5 Å². The second-order valence-corrected chi connectivity index (χ2v) is 6.64. The molecule has 0 atom stereocenters. The smallest absolute Gasteiger partial charge is 0.0991 e. The molecule has 0 spiro atoms. The van der Waals surface area contributed by atoms with E-state index in [9.17, 15) is 0 Å². The highest BCUT2D eigenvalue weighted by molar-refractivity contribution is 5.83. The molecule has 0 radical (unpaired) electrons. The van der Waals surface area contributed by atoms with Crippen LogP contribution in [0, 0.1) is 0 Å². The third-order valence-corrected chi connectivity index (χ3v) is 4.56. The van der Waals surface area contributed by atoms with E-state index in [0.717, 1.165) is 26.1 Å². The normalized spacial score (nSPS) is 14.9. The monoisotopic (exact) mass is 322 g/mol. The van der Waals surface area contributed by atoms with Crippen molar-refractivity contribution < 1.29 is 5.11 Å². The fraction of sp³-hybridized carbons (Fsp3) is 0.850. The number of β-amino-alcohol motifs (C(OH)–C–C–N with tert-alkyl or cyclic N) is 1. The van der Waals surface area contributed by atoms with Crippen LogP contribution in [0.1, 0.15) is 84.0 Å². The Hall–Kier alpha value is -0.830. The molecular formula is C20H38N2O. The molecule has 0 amide bonds. The van der Waals surface area contributed by atoms with Crippen LogP contribution in [0.4, 0.5) is 0 Å². The number of nitrogens with zero attached hydrogens (tertiary/aromatic N) is 2. The molecule has 0 saturated heterocycles. The molecule has 134 valence electrons. The van der Waals surface area contributed by atoms with E-state index in [1.54, 1.807) is 0 Å². The zero-order valence-electron chi connectivity index (χ0n) is 15.3. The number of aliphatic hydroxyl groups is 1. The lowest BCUT2D eigenvalue weighted by atomic mass is 10.1. The third kappa shape index (κ3) is 10.5. The largest absolute Gasteiger partial charge is 0.395 e. The van der Waals surface area contributed by atoms with Crippen molar-refractivity contribution in [1.29, 1.82) is 0 Å². The molecule has 1 aliphatic heterocycles. The van der Waals surface area contributed by atoms with Crippen LogP contribution < -0.4 is 0 Å². The summed E-state index contributed by atoms with van der Waals surface area (Å²) in [5, 5.41) is 9.03. The van der Waals surface area contributed by atoms with Gasteiger partial charge in [0.2, 0.25) is 0 Å². The van der Waals surface area contributed by atoms with Gasteiger partial charge in [-0.2, -0.15) is 0 Å². The molecule has 0 aromatic carbocycles. The van der Waals surface area contributed by atoms with Gasteiger partial charge in [0.25, 0.3) is 0 Å². The summed E-state index contributed by atoms with van der Waals surface area (Å²) in [7, 11) is 0. The van der Waals surface area contributed by atoms with Gasteiger partial charge in [0.15, 0.2) is 0 Å². The van der Waals surface area contributed by atoms with Crippen LogP contribution in [0.15, 0.2) is 17.1 Å². The Labute approximate surface area is 143 Å². The maximum Gasteiger partial charge on any atom is 0.0991 e. The van der Waals surface area contributed by atoms with Crippen LogP contribution in [0.3, 0.4) is 0 Å². The molecule has 0 fully saturated rings. The summed E-state index contributed by atoms with van der Waals surface area (Å²) in [6.07, 6.45) is 20.4. The molecule has 0 aromatic heterocycles. The van der Waals surface area contributed by atoms with Crippen molar-refractivity contribution in [2.24, 2.45) is 4.99 Å². The second-order valence-electron chi connectivity index (χ2n) is 6.64. The van der Waals surface area contributed by atoms with E-state index >= 15 is 0 Å². The molecule has 1 heterocycles. The lowest BCUT2D eigenvalue weighted by Crippen LogP contribution is -2.30. The first-order valence-corrected chi connectivity index (χ1v) is 9.92. The predicted molar refractivity (Wildman–Crippen MR) is 101 cm³/mol. The van der Waals surface area contributed by atoms with Gasteiger partial charge in [-0.15, -0.1) is 0 Å². The molecule has 1 N–H and O–H groups in total. The fourth-order valence-corrected chi connectivity index (χ4v) is 3.11. The van der Waals surface area contributed by atoms with Crippen LogP contribution in [-0.4, -0.2) is 42.1 Å². The van der Waals surface area contributed by atoms with Crippen molar-refractivity contribution in [3.05, 3.63) is 12.2 Å². The Kier molecular flexibility index (Phi) is 13.0. The van der Waals surface area contributed by atoms with Crippen molar-refractivity contribution in [3.63, 3.8) is 0 Å². The lowest BCUT2D eigenvalue weighted by Gasteiger charge is -2.18. The van der Waals surface area contributed by atoms with Crippen molar-refractivity contribution in [3.8, 4) is 0 Å². The molecule has 0 bridgehead atoms. The summed E-state index contributed by atoms with van der Waals surface area (Å²) < 4.78 is 0. The number of rotatable bonds is 15. The SMILES string of the molecule is CCCC/C=C/CCCCCCCCCC1=NCCN1CCO. The molecule has 0 unspecified atom stereocenters. The summed E-state index contributed by atoms with van der Waals surface area (Å²) in [4.78, 5) is 6.80. The zero-order chi connectivity index (χ0) is 16.6. The van der Waals surface area contributed by atoms with E-state index < -0.39 is 0 Å². The average Bonchev–Trinajstić information content (AvgIpc) is 2.99. The number of aliphatic imine (C=N–C) groups is 1. The minimum atomic E-state index is 0.243. The minimum Gasteiger partial charge on any atom is -0.395 e. The Bertz CT molecular complexity index is 326. The third-order valence-electron chi connectivity index (χ3n) is 4.56. The predicted octanol–water partition coefficient (Wildman–Crippen LogP) is 4.95. The first-order valence-electron chi connectivity index (χ1n) is 9.92. The molecular weight excluding hydrogens is 284 g/mol. The van der Waals surface area contributed by atoms with Gasteiger partial charge in [-0.05, 0) is 25.7 Å². The molecule has 0 saturated carbocycles. The summed E-state index contributed by atoms with van der Waals surface area (Å²) in [5.41, 5.74) is 0. The standard InChI is InChI=1S/C20H38N2O/c1-2-3-4-5-6-7-8-9-10-11-12-13-14-15-20-21-16-17-22(20)18-19-23/h5-6,23H,2-4,7-19H2,1H3/b6-5+. The maximum absolute atomic E-state index is 9.03. The van der Waals surface area contributed by atoms with E-state index in [0.29, 0.717) is 0 Å².